The molecule has 3 N–H and O–H groups in total. The SMILES string of the molecule is COc1ccc(S(=O)(=O)N(CC(=O)NN)c2ccc(Cl)cc2)cc1. The van der Waals surface area contributed by atoms with Crippen LogP contribution >= 0.6 is 11.6 Å². The number of anilines is 1. The van der Waals surface area contributed by atoms with E-state index in [1.54, 1.807) is 0 Å². The molecule has 0 radical (unpaired) electrons. The first-order valence-corrected chi connectivity index (χ1v) is 8.62. The number of carbonyl (C=O) groups is 1. The number of nitrogens with zero attached hydrogens (tertiary/aromatic N) is 1. The molecule has 0 fully saturated rings. The number of sulfonamides is 1. The van der Waals surface area contributed by atoms with E-state index in [2.05, 4.69) is 0 Å². The van der Waals surface area contributed by atoms with Gasteiger partial charge in [0.15, 0.2) is 0 Å². The number of methoxy groups -OCH3 is 1. The van der Waals surface area contributed by atoms with Gasteiger partial charge in [-0.1, -0.05) is 11.6 Å². The Labute approximate surface area is 145 Å². The van der Waals surface area contributed by atoms with Crippen LogP contribution in [0.1, 0.15) is 0 Å². The van der Waals surface area contributed by atoms with Crippen molar-refractivity contribution in [1.29, 1.82) is 0 Å². The summed E-state index contributed by atoms with van der Waals surface area (Å²) in [6.45, 7) is -0.466. The van der Waals surface area contributed by atoms with Gasteiger partial charge < -0.3 is 4.74 Å². The number of ether oxygens (including phenoxy) is 1. The van der Waals surface area contributed by atoms with Crippen molar-refractivity contribution < 1.29 is 17.9 Å². The van der Waals surface area contributed by atoms with Crippen LogP contribution in [0.4, 0.5) is 5.69 Å². The minimum absolute atomic E-state index is 0.0167. The first-order chi connectivity index (χ1) is 11.4. The van der Waals surface area contributed by atoms with Crippen molar-refractivity contribution in [1.82, 2.24) is 5.43 Å². The molecule has 0 spiro atoms. The molecule has 7 nitrogen and oxygen atoms in total. The first-order valence-electron chi connectivity index (χ1n) is 6.80. The van der Waals surface area contributed by atoms with Crippen molar-refractivity contribution in [2.24, 2.45) is 5.84 Å². The number of carbonyl (C=O) groups excluding carboxylic acids is 1. The Balaban J connectivity index is 2.47. The molecule has 0 aliphatic rings. The highest BCUT2D eigenvalue weighted by Crippen LogP contribution is 2.26. The number of nitrogens with one attached hydrogen (secondary N) is 1. The fraction of sp³-hybridized carbons (Fsp3) is 0.133. The second kappa shape index (κ2) is 7.52. The summed E-state index contributed by atoms with van der Waals surface area (Å²) in [6.07, 6.45) is 0. The molecule has 2 aromatic carbocycles. The minimum atomic E-state index is -3.98. The molecule has 24 heavy (non-hydrogen) atoms. The summed E-state index contributed by atoms with van der Waals surface area (Å²) in [5, 5.41) is 0.448. The van der Waals surface area contributed by atoms with E-state index in [0.717, 1.165) is 4.31 Å². The molecule has 9 heteroatoms. The molecule has 0 unspecified atom stereocenters. The number of hydrogen-bond acceptors (Lipinski definition) is 5. The number of nitrogens with two attached hydrogens (primary N) is 1. The standard InChI is InChI=1S/C15H16ClN3O4S/c1-23-13-6-8-14(9-7-13)24(21,22)19(10-15(20)18-17)12-4-2-11(16)3-5-12/h2-9H,10,17H2,1H3,(H,18,20). The van der Waals surface area contributed by atoms with E-state index < -0.39 is 22.5 Å². The van der Waals surface area contributed by atoms with Crippen LogP contribution in [-0.4, -0.2) is 28.0 Å². The van der Waals surface area contributed by atoms with Gasteiger partial charge in [-0.25, -0.2) is 14.3 Å². The molecule has 0 atom stereocenters. The highest BCUT2D eigenvalue weighted by Gasteiger charge is 2.27. The zero-order valence-corrected chi connectivity index (χ0v) is 14.3. The molecular weight excluding hydrogens is 354 g/mol. The van der Waals surface area contributed by atoms with Gasteiger partial charge >= 0.3 is 0 Å². The molecule has 0 aliphatic carbocycles. The van der Waals surface area contributed by atoms with Gasteiger partial charge in [0.1, 0.15) is 12.3 Å². The third-order valence-corrected chi connectivity index (χ3v) is 5.25. The van der Waals surface area contributed by atoms with Gasteiger partial charge in [0.2, 0.25) is 0 Å². The molecule has 2 rings (SSSR count). The average molecular weight is 370 g/mol. The van der Waals surface area contributed by atoms with E-state index in [1.807, 2.05) is 5.43 Å². The van der Waals surface area contributed by atoms with Crippen LogP contribution in [0.2, 0.25) is 5.02 Å². The summed E-state index contributed by atoms with van der Waals surface area (Å²) < 4.78 is 31.8. The topological polar surface area (TPSA) is 102 Å². The van der Waals surface area contributed by atoms with Gasteiger partial charge in [0, 0.05) is 5.02 Å². The van der Waals surface area contributed by atoms with Crippen molar-refractivity contribution in [2.75, 3.05) is 18.0 Å². The smallest absolute Gasteiger partial charge is 0.264 e. The van der Waals surface area contributed by atoms with Crippen LogP contribution in [0.15, 0.2) is 53.4 Å². The third-order valence-electron chi connectivity index (χ3n) is 3.21. The van der Waals surface area contributed by atoms with E-state index in [4.69, 9.17) is 22.2 Å². The Morgan fingerprint density at radius 2 is 1.75 bits per heavy atom. The molecule has 0 aliphatic heterocycles. The second-order valence-corrected chi connectivity index (χ2v) is 7.03. The summed E-state index contributed by atoms with van der Waals surface area (Å²) in [4.78, 5) is 11.7. The van der Waals surface area contributed by atoms with Crippen LogP contribution < -0.4 is 20.3 Å². The van der Waals surface area contributed by atoms with E-state index in [1.165, 1.54) is 55.6 Å². The largest absolute Gasteiger partial charge is 0.497 e. The van der Waals surface area contributed by atoms with Gasteiger partial charge in [0.25, 0.3) is 15.9 Å². The first kappa shape index (κ1) is 18.1. The maximum atomic E-state index is 12.9. The Morgan fingerprint density at radius 1 is 1.17 bits per heavy atom. The molecule has 0 aromatic heterocycles. The van der Waals surface area contributed by atoms with Crippen molar-refractivity contribution in [2.45, 2.75) is 4.90 Å². The summed E-state index contributed by atoms with van der Waals surface area (Å²) in [5.74, 6) is 4.95. The Hall–Kier alpha value is -2.29. The van der Waals surface area contributed by atoms with Gasteiger partial charge in [-0.15, -0.1) is 0 Å². The summed E-state index contributed by atoms with van der Waals surface area (Å²) >= 11 is 5.83. The predicted octanol–water partition coefficient (Wildman–Crippen LogP) is 1.53. The molecule has 0 saturated carbocycles. The zero-order valence-electron chi connectivity index (χ0n) is 12.8. The van der Waals surface area contributed by atoms with E-state index in [9.17, 15) is 13.2 Å². The zero-order chi connectivity index (χ0) is 17.7. The Kier molecular flexibility index (Phi) is 5.66. The number of halogens is 1. The maximum absolute atomic E-state index is 12.9. The molecule has 0 heterocycles. The molecule has 1 amide bonds. The fourth-order valence-corrected chi connectivity index (χ4v) is 3.52. The lowest BCUT2D eigenvalue weighted by Crippen LogP contribution is -2.43. The van der Waals surface area contributed by atoms with E-state index >= 15 is 0 Å². The second-order valence-electron chi connectivity index (χ2n) is 4.73. The van der Waals surface area contributed by atoms with Crippen LogP contribution in [-0.2, 0) is 14.8 Å². The van der Waals surface area contributed by atoms with Crippen molar-refractivity contribution in [3.63, 3.8) is 0 Å². The maximum Gasteiger partial charge on any atom is 0.264 e. The Morgan fingerprint density at radius 3 is 2.25 bits per heavy atom. The fourth-order valence-electron chi connectivity index (χ4n) is 1.97. The van der Waals surface area contributed by atoms with E-state index in [-0.39, 0.29) is 4.90 Å². The normalized spacial score (nSPS) is 11.0. The van der Waals surface area contributed by atoms with Crippen LogP contribution in [0.5, 0.6) is 5.75 Å². The van der Waals surface area contributed by atoms with Crippen LogP contribution in [0.25, 0.3) is 0 Å². The minimum Gasteiger partial charge on any atom is -0.497 e. The van der Waals surface area contributed by atoms with Crippen LogP contribution in [0.3, 0.4) is 0 Å². The molecular formula is C15H16ClN3O4S. The average Bonchev–Trinajstić information content (AvgIpc) is 2.60. The lowest BCUT2D eigenvalue weighted by Gasteiger charge is -2.23. The summed E-state index contributed by atoms with van der Waals surface area (Å²) in [6, 6.07) is 11.9. The van der Waals surface area contributed by atoms with Gasteiger partial charge in [-0.2, -0.15) is 0 Å². The van der Waals surface area contributed by atoms with Crippen LogP contribution in [0, 0.1) is 0 Å². The highest BCUT2D eigenvalue weighted by molar-refractivity contribution is 7.92. The number of hydrazine groups is 1. The van der Waals surface area contributed by atoms with Gasteiger partial charge in [-0.3, -0.25) is 14.5 Å². The molecule has 2 aromatic rings. The number of hydrogen-bond donors (Lipinski definition) is 2. The van der Waals surface area contributed by atoms with Crippen molar-refractivity contribution >= 4 is 33.2 Å². The summed E-state index contributed by atoms with van der Waals surface area (Å²) in [5.41, 5.74) is 2.22. The predicted molar refractivity (Wildman–Crippen MR) is 91.3 cm³/mol. The van der Waals surface area contributed by atoms with Gasteiger partial charge in [-0.05, 0) is 48.5 Å². The van der Waals surface area contributed by atoms with E-state index in [0.29, 0.717) is 16.5 Å². The molecule has 0 saturated heterocycles. The Bertz CT molecular complexity index is 808. The number of rotatable bonds is 6. The summed E-state index contributed by atoms with van der Waals surface area (Å²) in [7, 11) is -2.50. The third kappa shape index (κ3) is 3.97. The monoisotopic (exact) mass is 369 g/mol. The molecule has 0 bridgehead atoms. The lowest BCUT2D eigenvalue weighted by molar-refractivity contribution is -0.119. The van der Waals surface area contributed by atoms with Crippen molar-refractivity contribution in [3.8, 4) is 5.75 Å². The van der Waals surface area contributed by atoms with Gasteiger partial charge in [0.05, 0.1) is 17.7 Å². The highest BCUT2D eigenvalue weighted by atomic mass is 35.5. The quantitative estimate of drug-likeness (QED) is 0.457. The number of amides is 1. The molecule has 128 valence electrons. The lowest BCUT2D eigenvalue weighted by atomic mass is 10.3. The van der Waals surface area contributed by atoms with Crippen molar-refractivity contribution in [3.05, 3.63) is 53.6 Å². The number of benzene rings is 2.